The third-order valence-corrected chi connectivity index (χ3v) is 5.67. The first-order valence-corrected chi connectivity index (χ1v) is 10.4. The Morgan fingerprint density at radius 1 is 1.36 bits per heavy atom. The van der Waals surface area contributed by atoms with E-state index in [0.717, 1.165) is 42.9 Å². The molecule has 144 valence electrons. The lowest BCUT2D eigenvalue weighted by atomic mass is 9.95. The van der Waals surface area contributed by atoms with Crippen LogP contribution in [0.2, 0.25) is 5.02 Å². The molecule has 6 nitrogen and oxygen atoms in total. The van der Waals surface area contributed by atoms with E-state index < -0.39 is 0 Å². The molecule has 1 aliphatic heterocycles. The number of likely N-dealkylation sites (tertiary alicyclic amines) is 1. The molecule has 0 saturated carbocycles. The summed E-state index contributed by atoms with van der Waals surface area (Å²) >= 11 is 7.53. The summed E-state index contributed by atoms with van der Waals surface area (Å²) in [5.41, 5.74) is 2.73. The van der Waals surface area contributed by atoms with Crippen molar-refractivity contribution in [2.24, 2.45) is 0 Å². The van der Waals surface area contributed by atoms with Crippen LogP contribution in [0, 0.1) is 0 Å². The van der Waals surface area contributed by atoms with Crippen LogP contribution in [0.5, 0.6) is 0 Å². The van der Waals surface area contributed by atoms with E-state index in [9.17, 15) is 4.79 Å². The summed E-state index contributed by atoms with van der Waals surface area (Å²) in [6.07, 6.45) is 7.34. The predicted molar refractivity (Wildman–Crippen MR) is 112 cm³/mol. The van der Waals surface area contributed by atoms with Crippen molar-refractivity contribution < 1.29 is 4.79 Å². The van der Waals surface area contributed by atoms with Crippen LogP contribution < -0.4 is 5.32 Å². The number of anilines is 1. The van der Waals surface area contributed by atoms with Gasteiger partial charge >= 0.3 is 0 Å². The maximum atomic E-state index is 12.3. The monoisotopic (exact) mass is 413 g/mol. The van der Waals surface area contributed by atoms with Gasteiger partial charge in [-0.15, -0.1) is 11.3 Å². The lowest BCUT2D eigenvalue weighted by Gasteiger charge is -2.31. The van der Waals surface area contributed by atoms with E-state index in [1.165, 1.54) is 11.3 Å². The van der Waals surface area contributed by atoms with E-state index in [0.29, 0.717) is 16.7 Å². The van der Waals surface area contributed by atoms with Crippen molar-refractivity contribution in [3.05, 3.63) is 59.0 Å². The SMILES string of the molecule is O=C(CN1CCCC(c2cncc(-c3cccc(Cl)c3)n2)C1)Nc1nccs1. The number of hydrogen-bond acceptors (Lipinski definition) is 6. The average molecular weight is 414 g/mol. The minimum absolute atomic E-state index is 0.0330. The molecule has 0 spiro atoms. The summed E-state index contributed by atoms with van der Waals surface area (Å²) < 4.78 is 0. The zero-order valence-electron chi connectivity index (χ0n) is 15.2. The third kappa shape index (κ3) is 4.73. The number of rotatable bonds is 5. The molecule has 1 fully saturated rings. The predicted octanol–water partition coefficient (Wildman–Crippen LogP) is 4.07. The topological polar surface area (TPSA) is 71.0 Å². The summed E-state index contributed by atoms with van der Waals surface area (Å²) in [7, 11) is 0. The van der Waals surface area contributed by atoms with Gasteiger partial charge in [0, 0.05) is 40.8 Å². The van der Waals surface area contributed by atoms with E-state index in [-0.39, 0.29) is 11.8 Å². The van der Waals surface area contributed by atoms with Crippen LogP contribution in [-0.4, -0.2) is 45.4 Å². The van der Waals surface area contributed by atoms with Gasteiger partial charge in [-0.25, -0.2) is 9.97 Å². The van der Waals surface area contributed by atoms with Gasteiger partial charge in [0.25, 0.3) is 0 Å². The first kappa shape index (κ1) is 19.0. The Morgan fingerprint density at radius 2 is 2.29 bits per heavy atom. The number of carbonyl (C=O) groups is 1. The minimum atomic E-state index is -0.0330. The molecular weight excluding hydrogens is 394 g/mol. The highest BCUT2D eigenvalue weighted by Crippen LogP contribution is 2.27. The number of piperidine rings is 1. The van der Waals surface area contributed by atoms with Crippen molar-refractivity contribution in [2.75, 3.05) is 25.0 Å². The molecule has 1 unspecified atom stereocenters. The van der Waals surface area contributed by atoms with Gasteiger partial charge in [-0.1, -0.05) is 23.7 Å². The van der Waals surface area contributed by atoms with E-state index in [4.69, 9.17) is 16.6 Å². The molecule has 3 heterocycles. The Kier molecular flexibility index (Phi) is 5.95. The van der Waals surface area contributed by atoms with Crippen LogP contribution in [0.15, 0.2) is 48.2 Å². The van der Waals surface area contributed by atoms with Gasteiger partial charge in [-0.2, -0.15) is 0 Å². The molecule has 1 aromatic carbocycles. The van der Waals surface area contributed by atoms with E-state index in [2.05, 4.69) is 20.2 Å². The fraction of sp³-hybridized carbons (Fsp3) is 0.300. The highest BCUT2D eigenvalue weighted by atomic mass is 35.5. The molecule has 1 saturated heterocycles. The maximum Gasteiger partial charge on any atom is 0.240 e. The Balaban J connectivity index is 1.43. The molecule has 1 N–H and O–H groups in total. The van der Waals surface area contributed by atoms with Gasteiger partial charge in [0.15, 0.2) is 5.13 Å². The van der Waals surface area contributed by atoms with Gasteiger partial charge in [-0.3, -0.25) is 14.7 Å². The quantitative estimate of drug-likeness (QED) is 0.682. The zero-order chi connectivity index (χ0) is 19.3. The van der Waals surface area contributed by atoms with Crippen molar-refractivity contribution in [1.82, 2.24) is 19.9 Å². The van der Waals surface area contributed by atoms with Crippen LogP contribution in [0.4, 0.5) is 5.13 Å². The number of carbonyl (C=O) groups excluding carboxylic acids is 1. The summed E-state index contributed by atoms with van der Waals surface area (Å²) in [6, 6.07) is 7.63. The Hall–Kier alpha value is -2.35. The average Bonchev–Trinajstić information content (AvgIpc) is 3.21. The zero-order valence-corrected chi connectivity index (χ0v) is 16.8. The molecule has 0 radical (unpaired) electrons. The molecule has 8 heteroatoms. The van der Waals surface area contributed by atoms with E-state index >= 15 is 0 Å². The highest BCUT2D eigenvalue weighted by Gasteiger charge is 2.24. The van der Waals surface area contributed by atoms with Crippen LogP contribution in [0.25, 0.3) is 11.3 Å². The second-order valence-electron chi connectivity index (χ2n) is 6.80. The molecule has 1 atom stereocenters. The highest BCUT2D eigenvalue weighted by molar-refractivity contribution is 7.13. The van der Waals surface area contributed by atoms with Crippen LogP contribution >= 0.6 is 22.9 Å². The van der Waals surface area contributed by atoms with Gasteiger partial charge in [0.05, 0.1) is 24.1 Å². The van der Waals surface area contributed by atoms with Gasteiger partial charge in [-0.05, 0) is 31.5 Å². The van der Waals surface area contributed by atoms with E-state index in [1.807, 2.05) is 35.8 Å². The van der Waals surface area contributed by atoms with Crippen molar-refractivity contribution in [1.29, 1.82) is 0 Å². The summed E-state index contributed by atoms with van der Waals surface area (Å²) in [5.74, 6) is 0.224. The fourth-order valence-electron chi connectivity index (χ4n) is 3.45. The molecular formula is C20H20ClN5OS. The number of hydrogen-bond donors (Lipinski definition) is 1. The number of aromatic nitrogens is 3. The number of thiazole rings is 1. The largest absolute Gasteiger partial charge is 0.301 e. The normalized spacial score (nSPS) is 17.4. The number of benzene rings is 1. The fourth-order valence-corrected chi connectivity index (χ4v) is 4.19. The molecule has 4 rings (SSSR count). The first-order valence-electron chi connectivity index (χ1n) is 9.17. The number of amides is 1. The Morgan fingerprint density at radius 3 is 3.11 bits per heavy atom. The summed E-state index contributed by atoms with van der Waals surface area (Å²) in [6.45, 7) is 2.06. The molecule has 28 heavy (non-hydrogen) atoms. The molecule has 1 amide bonds. The minimum Gasteiger partial charge on any atom is -0.301 e. The molecule has 2 aromatic heterocycles. The van der Waals surface area contributed by atoms with Gasteiger partial charge < -0.3 is 5.32 Å². The Labute approximate surface area is 172 Å². The second-order valence-corrected chi connectivity index (χ2v) is 8.13. The smallest absolute Gasteiger partial charge is 0.240 e. The van der Waals surface area contributed by atoms with Crippen LogP contribution in [-0.2, 0) is 4.79 Å². The number of nitrogens with one attached hydrogen (secondary N) is 1. The molecule has 3 aromatic rings. The van der Waals surface area contributed by atoms with Crippen molar-refractivity contribution in [3.8, 4) is 11.3 Å². The van der Waals surface area contributed by atoms with E-state index in [1.54, 1.807) is 12.4 Å². The lowest BCUT2D eigenvalue weighted by molar-refractivity contribution is -0.117. The first-order chi connectivity index (χ1) is 13.7. The third-order valence-electron chi connectivity index (χ3n) is 4.74. The maximum absolute atomic E-state index is 12.3. The summed E-state index contributed by atoms with van der Waals surface area (Å²) in [4.78, 5) is 27.8. The summed E-state index contributed by atoms with van der Waals surface area (Å²) in [5, 5.41) is 6.01. The van der Waals surface area contributed by atoms with Gasteiger partial charge in [0.2, 0.25) is 5.91 Å². The van der Waals surface area contributed by atoms with Crippen LogP contribution in [0.3, 0.4) is 0 Å². The lowest BCUT2D eigenvalue weighted by Crippen LogP contribution is -2.40. The molecule has 0 bridgehead atoms. The van der Waals surface area contributed by atoms with Gasteiger partial charge in [0.1, 0.15) is 0 Å². The standard InChI is InChI=1S/C20H20ClN5OS/c21-16-5-1-3-14(9-16)17-10-22-11-18(24-17)15-4-2-7-26(12-15)13-19(27)25-20-23-6-8-28-20/h1,3,5-6,8-11,15H,2,4,7,12-13H2,(H,23,25,27). The van der Waals surface area contributed by atoms with Crippen molar-refractivity contribution in [2.45, 2.75) is 18.8 Å². The van der Waals surface area contributed by atoms with Crippen molar-refractivity contribution in [3.63, 3.8) is 0 Å². The Bertz CT molecular complexity index is 949. The van der Waals surface area contributed by atoms with Crippen LogP contribution in [0.1, 0.15) is 24.5 Å². The number of nitrogens with zero attached hydrogens (tertiary/aromatic N) is 4. The molecule has 0 aliphatic carbocycles. The number of halogens is 1. The second kappa shape index (κ2) is 8.77. The van der Waals surface area contributed by atoms with Crippen molar-refractivity contribution >= 4 is 34.0 Å². The molecule has 1 aliphatic rings.